The molecule has 240 valence electrons. The summed E-state index contributed by atoms with van der Waals surface area (Å²) in [6.07, 6.45) is 1.58. The van der Waals surface area contributed by atoms with Gasteiger partial charge in [-0.15, -0.1) is 11.3 Å². The minimum Gasteiger partial charge on any atom is -0.465 e. The lowest BCUT2D eigenvalue weighted by Gasteiger charge is -2.39. The Hall–Kier alpha value is -5.63. The average Bonchev–Trinajstić information content (AvgIpc) is 3.44. The van der Waals surface area contributed by atoms with Gasteiger partial charge in [0, 0.05) is 26.2 Å². The van der Waals surface area contributed by atoms with E-state index in [1.165, 1.54) is 25.3 Å². The maximum absolute atomic E-state index is 15.1. The fourth-order valence-electron chi connectivity index (χ4n) is 5.90. The minimum atomic E-state index is -0.668. The van der Waals surface area contributed by atoms with Gasteiger partial charge in [-0.25, -0.2) is 9.18 Å². The number of rotatable bonds is 7. The first-order chi connectivity index (χ1) is 23.4. The molecule has 8 nitrogen and oxygen atoms in total. The van der Waals surface area contributed by atoms with E-state index >= 15 is 4.39 Å². The molecule has 0 radical (unpaired) electrons. The highest BCUT2D eigenvalue weighted by Gasteiger charge is 2.30. The Labute approximate surface area is 280 Å². The number of halogens is 1. The zero-order valence-electron chi connectivity index (χ0n) is 26.1. The molecule has 1 fully saturated rings. The molecule has 0 unspecified atom stereocenters. The highest BCUT2D eigenvalue weighted by Crippen LogP contribution is 2.29. The van der Waals surface area contributed by atoms with Gasteiger partial charge in [-0.3, -0.25) is 19.1 Å². The molecule has 1 saturated heterocycles. The Morgan fingerprint density at radius 3 is 2.00 bits per heavy atom. The molecule has 1 aliphatic heterocycles. The summed E-state index contributed by atoms with van der Waals surface area (Å²) in [5, 5.41) is 10.4. The highest BCUT2D eigenvalue weighted by atomic mass is 32.1. The van der Waals surface area contributed by atoms with Crippen molar-refractivity contribution in [3.63, 3.8) is 0 Å². The molecule has 0 aliphatic carbocycles. The fraction of sp³-hybridized carbons (Fsp3) is 0.158. The number of nitriles is 1. The van der Waals surface area contributed by atoms with Crippen molar-refractivity contribution < 1.29 is 18.7 Å². The lowest BCUT2D eigenvalue weighted by Crippen LogP contribution is -2.50. The van der Waals surface area contributed by atoms with Crippen molar-refractivity contribution in [1.82, 2.24) is 14.4 Å². The number of para-hydroxylation sites is 1. The molecule has 48 heavy (non-hydrogen) atoms. The zero-order chi connectivity index (χ0) is 33.6. The molecule has 1 amide bonds. The first kappa shape index (κ1) is 32.3. The predicted octanol–water partition coefficient (Wildman–Crippen LogP) is 4.26. The van der Waals surface area contributed by atoms with Crippen molar-refractivity contribution >= 4 is 34.9 Å². The second kappa shape index (κ2) is 14.4. The number of aromatic nitrogens is 1. The van der Waals surface area contributed by atoms with Crippen LogP contribution in [0.15, 0.2) is 114 Å². The summed E-state index contributed by atoms with van der Waals surface area (Å²) < 4.78 is 21.2. The van der Waals surface area contributed by atoms with Crippen LogP contribution < -0.4 is 14.8 Å². The van der Waals surface area contributed by atoms with E-state index in [-0.39, 0.29) is 26.5 Å². The van der Waals surface area contributed by atoms with Gasteiger partial charge in [0.25, 0.3) is 11.5 Å². The summed E-state index contributed by atoms with van der Waals surface area (Å²) in [4.78, 5) is 43.6. The molecule has 4 aromatic carbocycles. The Kier molecular flexibility index (Phi) is 9.71. The van der Waals surface area contributed by atoms with Gasteiger partial charge in [0.1, 0.15) is 16.5 Å². The van der Waals surface area contributed by atoms with Crippen molar-refractivity contribution in [2.45, 2.75) is 6.04 Å². The Bertz CT molecular complexity index is 2130. The predicted molar refractivity (Wildman–Crippen MR) is 182 cm³/mol. The van der Waals surface area contributed by atoms with Crippen molar-refractivity contribution in [2.75, 3.05) is 33.3 Å². The van der Waals surface area contributed by atoms with Gasteiger partial charge in [-0.2, -0.15) is 5.26 Å². The number of hydrogen-bond donors (Lipinski definition) is 0. The number of methoxy groups -OCH3 is 1. The fourth-order valence-corrected chi connectivity index (χ4v) is 6.99. The first-order valence-corrected chi connectivity index (χ1v) is 16.2. The van der Waals surface area contributed by atoms with Crippen molar-refractivity contribution in [3.8, 4) is 11.8 Å². The number of amides is 1. The van der Waals surface area contributed by atoms with Gasteiger partial charge >= 0.3 is 5.97 Å². The van der Waals surface area contributed by atoms with Crippen LogP contribution in [0.1, 0.15) is 33.1 Å². The summed E-state index contributed by atoms with van der Waals surface area (Å²) in [6.45, 7) is 1.84. The zero-order valence-corrected chi connectivity index (χ0v) is 26.9. The Morgan fingerprint density at radius 2 is 1.44 bits per heavy atom. The second-order valence-corrected chi connectivity index (χ2v) is 12.2. The van der Waals surface area contributed by atoms with Crippen LogP contribution in [-0.2, 0) is 9.53 Å². The standard InChI is InChI=1S/C38H31FN4O4S/c1-47-38(46)29-18-16-26(17-19-29)24-33-36(45)43(32-15-9-8-14-31(32)39)37(48-33)30(25-40)35(44)42-22-20-41(21-23-42)34(27-10-4-2-5-11-27)28-12-6-3-7-13-28/h2-19,24,34H,20-23H2,1H3. The normalized spacial score (nSPS) is 14.5. The third-order valence-electron chi connectivity index (χ3n) is 8.28. The summed E-state index contributed by atoms with van der Waals surface area (Å²) in [5.41, 5.74) is 2.35. The van der Waals surface area contributed by atoms with E-state index in [9.17, 15) is 19.6 Å². The SMILES string of the molecule is COC(=O)c1ccc(C=c2sc(=C(C#N)C(=O)N3CCN(C(c4ccccc4)c4ccccc4)CC3)n(-c3ccccc3F)c2=O)cc1. The van der Waals surface area contributed by atoms with E-state index in [1.807, 2.05) is 42.5 Å². The van der Waals surface area contributed by atoms with Crippen LogP contribution in [0.5, 0.6) is 0 Å². The van der Waals surface area contributed by atoms with E-state index in [1.54, 1.807) is 41.3 Å². The monoisotopic (exact) mass is 658 g/mol. The van der Waals surface area contributed by atoms with E-state index in [4.69, 9.17) is 4.74 Å². The number of nitrogens with zero attached hydrogens (tertiary/aromatic N) is 4. The number of esters is 1. The lowest BCUT2D eigenvalue weighted by molar-refractivity contribution is -0.126. The lowest BCUT2D eigenvalue weighted by atomic mass is 9.96. The molecule has 1 aromatic heterocycles. The molecule has 6 rings (SSSR count). The number of benzene rings is 4. The molecule has 0 bridgehead atoms. The maximum Gasteiger partial charge on any atom is 0.337 e. The van der Waals surface area contributed by atoms with Crippen LogP contribution in [0.2, 0.25) is 0 Å². The molecular weight excluding hydrogens is 628 g/mol. The van der Waals surface area contributed by atoms with E-state index in [2.05, 4.69) is 29.2 Å². The number of ether oxygens (including phenoxy) is 1. The van der Waals surface area contributed by atoms with Crippen molar-refractivity contribution in [3.05, 3.63) is 157 Å². The number of hydrogen-bond acceptors (Lipinski definition) is 7. The molecule has 0 atom stereocenters. The van der Waals surface area contributed by atoms with Crippen LogP contribution in [0.4, 0.5) is 4.39 Å². The molecule has 0 N–H and O–H groups in total. The number of carbonyl (C=O) groups excluding carboxylic acids is 2. The minimum absolute atomic E-state index is 0.00706. The maximum atomic E-state index is 15.1. The highest BCUT2D eigenvalue weighted by molar-refractivity contribution is 7.07. The van der Waals surface area contributed by atoms with Gasteiger partial charge in [0.05, 0.1) is 28.9 Å². The first-order valence-electron chi connectivity index (χ1n) is 15.3. The molecule has 10 heteroatoms. The third kappa shape index (κ3) is 6.60. The van der Waals surface area contributed by atoms with E-state index in [0.29, 0.717) is 37.3 Å². The van der Waals surface area contributed by atoms with Crippen LogP contribution in [0, 0.1) is 17.1 Å². The molecular formula is C38H31FN4O4S. The van der Waals surface area contributed by atoms with E-state index in [0.717, 1.165) is 27.0 Å². The molecule has 0 saturated carbocycles. The van der Waals surface area contributed by atoms with Crippen LogP contribution in [0.25, 0.3) is 17.3 Å². The van der Waals surface area contributed by atoms with Crippen molar-refractivity contribution in [1.29, 1.82) is 5.26 Å². The Morgan fingerprint density at radius 1 is 0.854 bits per heavy atom. The molecule has 0 spiro atoms. The van der Waals surface area contributed by atoms with Gasteiger partial charge in [-0.05, 0) is 47.0 Å². The quantitative estimate of drug-likeness (QED) is 0.243. The summed E-state index contributed by atoms with van der Waals surface area (Å²) in [7, 11) is 1.29. The second-order valence-electron chi connectivity index (χ2n) is 11.2. The smallest absolute Gasteiger partial charge is 0.337 e. The van der Waals surface area contributed by atoms with Crippen LogP contribution in [0.3, 0.4) is 0 Å². The number of carbonyl (C=O) groups is 2. The number of piperazine rings is 1. The summed E-state index contributed by atoms with van der Waals surface area (Å²) >= 11 is 0.944. The van der Waals surface area contributed by atoms with Crippen LogP contribution in [-0.4, -0.2) is 59.5 Å². The Balaban J connectivity index is 1.37. The molecule has 2 heterocycles. The van der Waals surface area contributed by atoms with E-state index < -0.39 is 23.3 Å². The molecule has 1 aliphatic rings. The van der Waals surface area contributed by atoms with Gasteiger partial charge < -0.3 is 9.64 Å². The topological polar surface area (TPSA) is 95.6 Å². The third-order valence-corrected chi connectivity index (χ3v) is 9.38. The largest absolute Gasteiger partial charge is 0.465 e. The summed E-state index contributed by atoms with van der Waals surface area (Å²) in [5.74, 6) is -1.68. The van der Waals surface area contributed by atoms with Gasteiger partial charge in [0.2, 0.25) is 0 Å². The van der Waals surface area contributed by atoms with Crippen LogP contribution >= 0.6 is 11.3 Å². The van der Waals surface area contributed by atoms with Crippen molar-refractivity contribution in [2.24, 2.45) is 0 Å². The molecule has 5 aromatic rings. The summed E-state index contributed by atoms with van der Waals surface area (Å²) in [6, 6.07) is 34.6. The number of thiazole rings is 1. The van der Waals surface area contributed by atoms with Gasteiger partial charge in [-0.1, -0.05) is 84.9 Å². The average molecular weight is 659 g/mol. The van der Waals surface area contributed by atoms with Gasteiger partial charge in [0.15, 0.2) is 5.57 Å².